The van der Waals surface area contributed by atoms with Gasteiger partial charge in [-0.25, -0.2) is 12.8 Å². The molecule has 0 radical (unpaired) electrons. The number of anilines is 1. The minimum absolute atomic E-state index is 0.0182. The first-order chi connectivity index (χ1) is 18.0. The summed E-state index contributed by atoms with van der Waals surface area (Å²) < 4.78 is 41.7. The molecule has 3 rings (SSSR count). The highest BCUT2D eigenvalue weighted by molar-refractivity contribution is 7.92. The number of rotatable bonds is 11. The van der Waals surface area contributed by atoms with E-state index >= 15 is 0 Å². The Bertz CT molecular complexity index is 1370. The quantitative estimate of drug-likeness (QED) is 0.335. The minimum Gasteiger partial charge on any atom is -0.354 e. The first-order valence-corrected chi connectivity index (χ1v) is 14.1. The average Bonchev–Trinajstić information content (AvgIpc) is 2.91. The molecule has 1 N–H and O–H groups in total. The molecule has 202 valence electrons. The van der Waals surface area contributed by atoms with Gasteiger partial charge < -0.3 is 10.2 Å². The molecule has 0 aliphatic carbocycles. The highest BCUT2D eigenvalue weighted by Gasteiger charge is 2.32. The lowest BCUT2D eigenvalue weighted by atomic mass is 10.1. The van der Waals surface area contributed by atoms with E-state index in [0.29, 0.717) is 23.6 Å². The highest BCUT2D eigenvalue weighted by atomic mass is 35.5. The van der Waals surface area contributed by atoms with Crippen molar-refractivity contribution < 1.29 is 22.4 Å². The fourth-order valence-electron chi connectivity index (χ4n) is 3.67. The number of sulfonamides is 1. The Morgan fingerprint density at radius 2 is 1.63 bits per heavy atom. The van der Waals surface area contributed by atoms with Crippen molar-refractivity contribution in [2.24, 2.45) is 0 Å². The lowest BCUT2D eigenvalue weighted by Crippen LogP contribution is -2.51. The molecule has 0 fully saturated rings. The van der Waals surface area contributed by atoms with E-state index in [4.69, 9.17) is 23.2 Å². The normalized spacial score (nSPS) is 12.0. The van der Waals surface area contributed by atoms with E-state index in [0.717, 1.165) is 28.6 Å². The molecule has 0 bridgehead atoms. The summed E-state index contributed by atoms with van der Waals surface area (Å²) in [5.74, 6) is -1.59. The molecular weight excluding hydrogens is 552 g/mol. The van der Waals surface area contributed by atoms with Crippen LogP contribution in [-0.2, 0) is 26.2 Å². The van der Waals surface area contributed by atoms with Gasteiger partial charge in [0.2, 0.25) is 11.8 Å². The second-order valence-electron chi connectivity index (χ2n) is 8.54. The number of benzene rings is 3. The lowest BCUT2D eigenvalue weighted by Gasteiger charge is -2.32. The fraction of sp³-hybridized carbons (Fsp3) is 0.259. The molecule has 0 heterocycles. The second kappa shape index (κ2) is 13.1. The van der Waals surface area contributed by atoms with Crippen molar-refractivity contribution in [1.82, 2.24) is 10.2 Å². The van der Waals surface area contributed by atoms with Gasteiger partial charge in [-0.05, 0) is 67.4 Å². The zero-order valence-electron chi connectivity index (χ0n) is 20.9. The predicted molar refractivity (Wildman–Crippen MR) is 147 cm³/mol. The third kappa shape index (κ3) is 7.24. The molecule has 3 aromatic carbocycles. The molecule has 11 heteroatoms. The van der Waals surface area contributed by atoms with E-state index in [1.807, 2.05) is 6.92 Å². The first kappa shape index (κ1) is 29.4. The Labute approximate surface area is 232 Å². The monoisotopic (exact) mass is 579 g/mol. The van der Waals surface area contributed by atoms with Crippen LogP contribution < -0.4 is 9.62 Å². The number of carbonyl (C=O) groups is 2. The maximum atomic E-state index is 13.8. The van der Waals surface area contributed by atoms with E-state index in [2.05, 4.69) is 5.32 Å². The molecular formula is C27H28Cl2FN3O4S. The van der Waals surface area contributed by atoms with Gasteiger partial charge in [0.05, 0.1) is 20.6 Å². The molecule has 2 amide bonds. The molecule has 0 saturated heterocycles. The van der Waals surface area contributed by atoms with E-state index in [9.17, 15) is 22.4 Å². The topological polar surface area (TPSA) is 86.8 Å². The second-order valence-corrected chi connectivity index (χ2v) is 11.2. The number of para-hydroxylation sites is 1. The Balaban J connectivity index is 2.00. The third-order valence-corrected chi connectivity index (χ3v) is 8.31. The van der Waals surface area contributed by atoms with Crippen LogP contribution in [-0.4, -0.2) is 44.3 Å². The zero-order valence-corrected chi connectivity index (χ0v) is 23.2. The van der Waals surface area contributed by atoms with Gasteiger partial charge in [0.15, 0.2) is 0 Å². The molecule has 7 nitrogen and oxygen atoms in total. The van der Waals surface area contributed by atoms with Crippen molar-refractivity contribution in [3.8, 4) is 0 Å². The summed E-state index contributed by atoms with van der Waals surface area (Å²) in [5, 5.41) is 3.39. The smallest absolute Gasteiger partial charge is 0.264 e. The first-order valence-electron chi connectivity index (χ1n) is 11.9. The lowest BCUT2D eigenvalue weighted by molar-refractivity contribution is -0.139. The van der Waals surface area contributed by atoms with E-state index < -0.39 is 34.3 Å². The standard InChI is InChI=1S/C27H28Cl2FN3O4S/c1-3-15-31-27(35)19(2)32(17-20-9-14-24(28)25(29)16-20)26(34)18-33(22-7-5-4-6-8-22)38(36,37)23-12-10-21(30)11-13-23/h4-14,16,19H,3,15,17-18H2,1-2H3,(H,31,35). The van der Waals surface area contributed by atoms with Gasteiger partial charge in [0.1, 0.15) is 18.4 Å². The van der Waals surface area contributed by atoms with Crippen LogP contribution in [0.25, 0.3) is 0 Å². The Hall–Kier alpha value is -3.14. The molecule has 0 aliphatic rings. The van der Waals surface area contributed by atoms with E-state index in [-0.39, 0.29) is 28.1 Å². The molecule has 0 aromatic heterocycles. The Morgan fingerprint density at radius 1 is 0.974 bits per heavy atom. The number of carbonyl (C=O) groups excluding carboxylic acids is 2. The van der Waals surface area contributed by atoms with Crippen LogP contribution in [0.5, 0.6) is 0 Å². The maximum Gasteiger partial charge on any atom is 0.264 e. The number of hydrogen-bond acceptors (Lipinski definition) is 4. The van der Waals surface area contributed by atoms with Crippen LogP contribution in [0, 0.1) is 5.82 Å². The number of hydrogen-bond donors (Lipinski definition) is 1. The Morgan fingerprint density at radius 3 is 2.24 bits per heavy atom. The number of halogens is 3. The average molecular weight is 581 g/mol. The van der Waals surface area contributed by atoms with E-state index in [1.165, 1.54) is 4.90 Å². The molecule has 0 aliphatic heterocycles. The van der Waals surface area contributed by atoms with Gasteiger partial charge in [-0.3, -0.25) is 13.9 Å². The summed E-state index contributed by atoms with van der Waals surface area (Å²) in [7, 11) is -4.26. The van der Waals surface area contributed by atoms with Gasteiger partial charge in [0.25, 0.3) is 10.0 Å². The fourth-order valence-corrected chi connectivity index (χ4v) is 5.40. The van der Waals surface area contributed by atoms with Crippen LogP contribution in [0.2, 0.25) is 10.0 Å². The van der Waals surface area contributed by atoms with Gasteiger partial charge in [-0.1, -0.05) is 54.4 Å². The molecule has 0 saturated carbocycles. The predicted octanol–water partition coefficient (Wildman–Crippen LogP) is 5.27. The summed E-state index contributed by atoms with van der Waals surface area (Å²) in [6.45, 7) is 3.28. The summed E-state index contributed by atoms with van der Waals surface area (Å²) in [6.07, 6.45) is 0.705. The molecule has 1 atom stereocenters. The van der Waals surface area contributed by atoms with E-state index in [1.54, 1.807) is 55.5 Å². The number of nitrogens with zero attached hydrogens (tertiary/aromatic N) is 2. The van der Waals surface area contributed by atoms with Crippen molar-refractivity contribution >= 4 is 50.7 Å². The van der Waals surface area contributed by atoms with Crippen molar-refractivity contribution in [3.05, 3.63) is 94.2 Å². The van der Waals surface area contributed by atoms with Gasteiger partial charge in [-0.15, -0.1) is 0 Å². The maximum absolute atomic E-state index is 13.8. The Kier molecular flexibility index (Phi) is 10.1. The SMILES string of the molecule is CCCNC(=O)C(C)N(Cc1ccc(Cl)c(Cl)c1)C(=O)CN(c1ccccc1)S(=O)(=O)c1ccc(F)cc1. The van der Waals surface area contributed by atoms with Crippen LogP contribution >= 0.6 is 23.2 Å². The van der Waals surface area contributed by atoms with Crippen molar-refractivity contribution in [3.63, 3.8) is 0 Å². The molecule has 0 spiro atoms. The van der Waals surface area contributed by atoms with Crippen molar-refractivity contribution in [2.45, 2.75) is 37.8 Å². The molecule has 3 aromatic rings. The van der Waals surface area contributed by atoms with Gasteiger partial charge in [-0.2, -0.15) is 0 Å². The van der Waals surface area contributed by atoms with Gasteiger partial charge in [0, 0.05) is 13.1 Å². The molecule has 38 heavy (non-hydrogen) atoms. The summed E-state index contributed by atoms with van der Waals surface area (Å²) in [4.78, 5) is 27.7. The third-order valence-electron chi connectivity index (χ3n) is 5.78. The number of amides is 2. The van der Waals surface area contributed by atoms with Crippen LogP contribution in [0.15, 0.2) is 77.7 Å². The van der Waals surface area contributed by atoms with Crippen LogP contribution in [0.4, 0.5) is 10.1 Å². The van der Waals surface area contributed by atoms with Gasteiger partial charge >= 0.3 is 0 Å². The van der Waals surface area contributed by atoms with Crippen LogP contribution in [0.1, 0.15) is 25.8 Å². The summed E-state index contributed by atoms with van der Waals surface area (Å²) in [6, 6.07) is 16.4. The minimum atomic E-state index is -4.26. The molecule has 1 unspecified atom stereocenters. The van der Waals surface area contributed by atoms with Crippen LogP contribution in [0.3, 0.4) is 0 Å². The largest absolute Gasteiger partial charge is 0.354 e. The van der Waals surface area contributed by atoms with Crippen molar-refractivity contribution in [2.75, 3.05) is 17.4 Å². The number of nitrogens with one attached hydrogen (secondary N) is 1. The van der Waals surface area contributed by atoms with Crippen molar-refractivity contribution in [1.29, 1.82) is 0 Å². The summed E-state index contributed by atoms with van der Waals surface area (Å²) in [5.41, 5.74) is 0.846. The zero-order chi connectivity index (χ0) is 27.9. The summed E-state index contributed by atoms with van der Waals surface area (Å²) >= 11 is 12.2. The highest BCUT2D eigenvalue weighted by Crippen LogP contribution is 2.26.